The lowest BCUT2D eigenvalue weighted by Gasteiger charge is -2.21. The molecule has 9 nitrogen and oxygen atoms in total. The number of carboxylic acid groups (broad SMARTS) is 1. The topological polar surface area (TPSA) is 153 Å². The van der Waals surface area contributed by atoms with Gasteiger partial charge in [-0.1, -0.05) is 48.9 Å². The fraction of sp³-hybridized carbons (Fsp3) is 0.375. The largest absolute Gasteiger partial charge is 0.481 e. The summed E-state index contributed by atoms with van der Waals surface area (Å²) in [4.78, 5) is 60.2. The maximum absolute atomic E-state index is 12.6. The van der Waals surface area contributed by atoms with Crippen molar-refractivity contribution < 1.29 is 33.8 Å². The van der Waals surface area contributed by atoms with Crippen molar-refractivity contribution in [3.8, 4) is 0 Å². The molecule has 1 aliphatic carbocycles. The van der Waals surface area contributed by atoms with Gasteiger partial charge in [-0.25, -0.2) is 0 Å². The average Bonchev–Trinajstić information content (AvgIpc) is 3.27. The molecule has 2 aromatic carbocycles. The zero-order valence-electron chi connectivity index (χ0n) is 18.0. The molecule has 33 heavy (non-hydrogen) atoms. The van der Waals surface area contributed by atoms with Crippen LogP contribution in [0.2, 0.25) is 0 Å². The monoisotopic (exact) mass is 454 g/mol. The van der Waals surface area contributed by atoms with E-state index in [4.69, 9.17) is 15.6 Å². The number of nitrogens with two attached hydrogens (primary N) is 1. The first-order valence-electron chi connectivity index (χ1n) is 10.7. The van der Waals surface area contributed by atoms with E-state index in [0.717, 1.165) is 16.3 Å². The number of esters is 1. The smallest absolute Gasteiger partial charge is 0.310 e. The van der Waals surface area contributed by atoms with Gasteiger partial charge in [0.25, 0.3) is 0 Å². The van der Waals surface area contributed by atoms with Crippen LogP contribution >= 0.6 is 0 Å². The van der Waals surface area contributed by atoms with Crippen LogP contribution in [0.5, 0.6) is 0 Å². The van der Waals surface area contributed by atoms with Crippen LogP contribution in [0.1, 0.15) is 31.2 Å². The van der Waals surface area contributed by atoms with Gasteiger partial charge in [-0.2, -0.15) is 0 Å². The number of aliphatic carboxylic acids is 1. The van der Waals surface area contributed by atoms with Gasteiger partial charge in [0, 0.05) is 11.8 Å². The Balaban J connectivity index is 1.60. The summed E-state index contributed by atoms with van der Waals surface area (Å²) in [5.74, 6) is -5.25. The number of rotatable bonds is 10. The molecule has 0 radical (unpaired) electrons. The van der Waals surface area contributed by atoms with Crippen molar-refractivity contribution in [3.63, 3.8) is 0 Å². The van der Waals surface area contributed by atoms with E-state index < -0.39 is 60.4 Å². The third-order valence-electron chi connectivity index (χ3n) is 5.89. The van der Waals surface area contributed by atoms with Gasteiger partial charge in [0.05, 0.1) is 12.8 Å². The zero-order chi connectivity index (χ0) is 24.0. The Labute approximate surface area is 190 Å². The van der Waals surface area contributed by atoms with E-state index in [0.29, 0.717) is 19.3 Å². The molecular formula is C24H26N2O7. The third-order valence-corrected chi connectivity index (χ3v) is 5.89. The molecule has 0 aromatic heterocycles. The van der Waals surface area contributed by atoms with Gasteiger partial charge in [0.15, 0.2) is 12.4 Å². The number of carboxylic acids is 1. The highest BCUT2D eigenvalue weighted by atomic mass is 16.5. The average molecular weight is 454 g/mol. The second-order valence-corrected chi connectivity index (χ2v) is 8.15. The Morgan fingerprint density at radius 1 is 1.03 bits per heavy atom. The van der Waals surface area contributed by atoms with Crippen LogP contribution in [0, 0.1) is 11.8 Å². The predicted octanol–water partition coefficient (Wildman–Crippen LogP) is 1.36. The first-order chi connectivity index (χ1) is 15.8. The fourth-order valence-corrected chi connectivity index (χ4v) is 4.22. The summed E-state index contributed by atoms with van der Waals surface area (Å²) < 4.78 is 5.08. The fourth-order valence-electron chi connectivity index (χ4n) is 4.22. The highest BCUT2D eigenvalue weighted by Gasteiger charge is 2.38. The second-order valence-electron chi connectivity index (χ2n) is 8.15. The van der Waals surface area contributed by atoms with Crippen molar-refractivity contribution in [2.75, 3.05) is 6.61 Å². The Morgan fingerprint density at radius 2 is 1.73 bits per heavy atom. The van der Waals surface area contributed by atoms with Crippen LogP contribution in [0.15, 0.2) is 42.5 Å². The molecule has 2 amide bonds. The molecule has 0 bridgehead atoms. The van der Waals surface area contributed by atoms with Crippen molar-refractivity contribution in [2.45, 2.75) is 38.1 Å². The molecule has 0 spiro atoms. The molecule has 9 heteroatoms. The Hall–Kier alpha value is -3.75. The number of hydrogen-bond donors (Lipinski definition) is 3. The number of Topliss-reactive ketones (excluding diaryl/α,β-unsaturated/α-hetero) is 1. The molecule has 3 atom stereocenters. The summed E-state index contributed by atoms with van der Waals surface area (Å²) in [5.41, 5.74) is 6.07. The van der Waals surface area contributed by atoms with Crippen molar-refractivity contribution >= 4 is 40.3 Å². The van der Waals surface area contributed by atoms with Crippen LogP contribution < -0.4 is 11.1 Å². The van der Waals surface area contributed by atoms with E-state index in [2.05, 4.69) is 5.32 Å². The normalized spacial score (nSPS) is 18.4. The van der Waals surface area contributed by atoms with Gasteiger partial charge in [0.2, 0.25) is 11.8 Å². The van der Waals surface area contributed by atoms with Crippen molar-refractivity contribution in [2.24, 2.45) is 17.6 Å². The van der Waals surface area contributed by atoms with Gasteiger partial charge < -0.3 is 20.9 Å². The number of amides is 2. The predicted molar refractivity (Wildman–Crippen MR) is 118 cm³/mol. The van der Waals surface area contributed by atoms with Crippen molar-refractivity contribution in [1.29, 1.82) is 0 Å². The first kappa shape index (κ1) is 23.9. The maximum Gasteiger partial charge on any atom is 0.310 e. The lowest BCUT2D eigenvalue weighted by Crippen LogP contribution is -2.48. The van der Waals surface area contributed by atoms with Gasteiger partial charge in [-0.3, -0.25) is 24.0 Å². The lowest BCUT2D eigenvalue weighted by atomic mass is 9.94. The summed E-state index contributed by atoms with van der Waals surface area (Å²) in [7, 11) is 0. The molecule has 0 heterocycles. The summed E-state index contributed by atoms with van der Waals surface area (Å²) in [6.45, 7) is -0.675. The number of carbonyl (C=O) groups is 5. The summed E-state index contributed by atoms with van der Waals surface area (Å²) in [5, 5.41) is 13.4. The van der Waals surface area contributed by atoms with E-state index in [9.17, 15) is 24.0 Å². The molecule has 1 saturated carbocycles. The Morgan fingerprint density at radius 3 is 2.45 bits per heavy atom. The standard InChI is InChI=1S/C24H26N2O7/c25-23(31)17-9-4-10-18(17)24(32)26-19(12-21(28)29)20(27)13-33-22(30)11-15-7-3-6-14-5-1-2-8-16(14)15/h1-3,5-8,17-19H,4,9-13H2,(H2,25,31)(H,26,32)(H,28,29). The number of ether oxygens (including phenoxy) is 1. The van der Waals surface area contributed by atoms with Crippen molar-refractivity contribution in [1.82, 2.24) is 5.32 Å². The van der Waals surface area contributed by atoms with Crippen LogP contribution in [0.25, 0.3) is 10.8 Å². The highest BCUT2D eigenvalue weighted by Crippen LogP contribution is 2.31. The maximum atomic E-state index is 12.6. The zero-order valence-corrected chi connectivity index (χ0v) is 18.0. The molecule has 4 N–H and O–H groups in total. The Kier molecular flexibility index (Phi) is 7.76. The summed E-state index contributed by atoms with van der Waals surface area (Å²) in [6, 6.07) is 11.7. The van der Waals surface area contributed by atoms with E-state index in [-0.39, 0.29) is 6.42 Å². The molecule has 0 saturated heterocycles. The minimum Gasteiger partial charge on any atom is -0.481 e. The molecule has 3 unspecified atom stereocenters. The van der Waals surface area contributed by atoms with Crippen LogP contribution in [0.3, 0.4) is 0 Å². The highest BCUT2D eigenvalue weighted by molar-refractivity contribution is 5.95. The summed E-state index contributed by atoms with van der Waals surface area (Å²) in [6.07, 6.45) is 0.797. The number of carbonyl (C=O) groups excluding carboxylic acids is 4. The minimum atomic E-state index is -1.38. The van der Waals surface area contributed by atoms with E-state index in [1.54, 1.807) is 6.07 Å². The van der Waals surface area contributed by atoms with Gasteiger partial charge >= 0.3 is 11.9 Å². The molecule has 2 aromatic rings. The van der Waals surface area contributed by atoms with Gasteiger partial charge in [-0.15, -0.1) is 0 Å². The minimum absolute atomic E-state index is 0.0625. The van der Waals surface area contributed by atoms with Gasteiger partial charge in [0.1, 0.15) is 6.04 Å². The van der Waals surface area contributed by atoms with Gasteiger partial charge in [-0.05, 0) is 29.2 Å². The molecule has 3 rings (SSSR count). The number of fused-ring (bicyclic) bond motifs is 1. The van der Waals surface area contributed by atoms with E-state index in [1.807, 2.05) is 36.4 Å². The molecule has 1 aliphatic rings. The number of benzene rings is 2. The molecule has 1 fully saturated rings. The van der Waals surface area contributed by atoms with Crippen LogP contribution in [0.4, 0.5) is 0 Å². The number of nitrogens with one attached hydrogen (secondary N) is 1. The SMILES string of the molecule is NC(=O)C1CCCC1C(=O)NC(CC(=O)O)C(=O)COC(=O)Cc1cccc2ccccc12. The Bertz CT molecular complexity index is 1080. The first-order valence-corrected chi connectivity index (χ1v) is 10.7. The van der Waals surface area contributed by atoms with E-state index in [1.165, 1.54) is 0 Å². The van der Waals surface area contributed by atoms with Crippen LogP contribution in [-0.4, -0.2) is 47.3 Å². The number of hydrogen-bond acceptors (Lipinski definition) is 6. The molecule has 174 valence electrons. The third kappa shape index (κ3) is 6.15. The second kappa shape index (κ2) is 10.7. The quantitative estimate of drug-likeness (QED) is 0.458. The van der Waals surface area contributed by atoms with Crippen molar-refractivity contribution in [3.05, 3.63) is 48.0 Å². The number of primary amides is 1. The molecule has 0 aliphatic heterocycles. The summed E-state index contributed by atoms with van der Waals surface area (Å²) >= 11 is 0. The lowest BCUT2D eigenvalue weighted by molar-refractivity contribution is -0.149. The molecular weight excluding hydrogens is 428 g/mol. The number of ketones is 1. The van der Waals surface area contributed by atoms with E-state index >= 15 is 0 Å². The van der Waals surface area contributed by atoms with Crippen LogP contribution in [-0.2, 0) is 35.1 Å².